The molecule has 0 saturated heterocycles. The van der Waals surface area contributed by atoms with Crippen molar-refractivity contribution in [2.24, 2.45) is 5.92 Å². The van der Waals surface area contributed by atoms with Crippen molar-refractivity contribution in [2.45, 2.75) is 58.0 Å². The fourth-order valence-corrected chi connectivity index (χ4v) is 2.76. The van der Waals surface area contributed by atoms with Crippen LogP contribution in [0, 0.1) is 5.92 Å². The van der Waals surface area contributed by atoms with E-state index in [1.54, 1.807) is 4.90 Å². The third-order valence-corrected chi connectivity index (χ3v) is 3.61. The molecule has 104 valence electrons. The van der Waals surface area contributed by atoms with Crippen LogP contribution in [-0.2, 0) is 9.53 Å². The Labute approximate surface area is 108 Å². The Bertz CT molecular complexity index is 295. The van der Waals surface area contributed by atoms with Gasteiger partial charge < -0.3 is 14.7 Å². The fraction of sp³-hybridized carbons (Fsp3) is 0.846. The van der Waals surface area contributed by atoms with E-state index >= 15 is 0 Å². The van der Waals surface area contributed by atoms with Crippen molar-refractivity contribution in [3.8, 4) is 0 Å². The van der Waals surface area contributed by atoms with Crippen molar-refractivity contribution in [3.05, 3.63) is 0 Å². The highest BCUT2D eigenvalue weighted by Crippen LogP contribution is 2.30. The van der Waals surface area contributed by atoms with Crippen molar-refractivity contribution in [1.82, 2.24) is 4.90 Å². The Morgan fingerprint density at radius 3 is 2.22 bits per heavy atom. The van der Waals surface area contributed by atoms with Crippen LogP contribution in [0.3, 0.4) is 0 Å². The van der Waals surface area contributed by atoms with Crippen molar-refractivity contribution in [1.29, 1.82) is 0 Å². The number of amides is 1. The molecule has 1 fully saturated rings. The molecule has 0 aliphatic heterocycles. The zero-order valence-corrected chi connectivity index (χ0v) is 11.4. The summed E-state index contributed by atoms with van der Waals surface area (Å²) in [6.07, 6.45) is 3.43. The zero-order valence-electron chi connectivity index (χ0n) is 11.4. The van der Waals surface area contributed by atoms with Crippen LogP contribution in [0.5, 0.6) is 0 Å². The Balaban J connectivity index is 2.54. The summed E-state index contributed by atoms with van der Waals surface area (Å²) in [6.45, 7) is 3.94. The van der Waals surface area contributed by atoms with Gasteiger partial charge in [-0.2, -0.15) is 0 Å². The first kappa shape index (κ1) is 14.8. The maximum atomic E-state index is 11.7. The predicted octanol–water partition coefficient (Wildman–Crippen LogP) is 2.50. The third-order valence-electron chi connectivity index (χ3n) is 3.61. The average Bonchev–Trinajstić information content (AvgIpc) is 2.30. The molecule has 1 aliphatic carbocycles. The van der Waals surface area contributed by atoms with Gasteiger partial charge in [0.25, 0.3) is 0 Å². The van der Waals surface area contributed by atoms with Gasteiger partial charge in [-0.1, -0.05) is 0 Å². The molecular weight excluding hydrogens is 234 g/mol. The lowest BCUT2D eigenvalue weighted by Gasteiger charge is -2.38. The molecule has 0 aromatic heterocycles. The van der Waals surface area contributed by atoms with E-state index in [1.807, 2.05) is 13.8 Å². The summed E-state index contributed by atoms with van der Waals surface area (Å²) in [6, 6.07) is 0.293. The maximum absolute atomic E-state index is 11.7. The Kier molecular flexibility index (Phi) is 5.44. The fourth-order valence-electron chi connectivity index (χ4n) is 2.76. The molecule has 0 aromatic rings. The molecule has 1 N–H and O–H groups in total. The highest BCUT2D eigenvalue weighted by Gasteiger charge is 2.31. The van der Waals surface area contributed by atoms with Gasteiger partial charge in [-0.3, -0.25) is 4.79 Å². The van der Waals surface area contributed by atoms with Crippen LogP contribution in [-0.4, -0.2) is 41.3 Å². The molecular formula is C13H23NO4. The number of carbonyl (C=O) groups excluding carboxylic acids is 1. The second-order valence-electron chi connectivity index (χ2n) is 5.24. The van der Waals surface area contributed by atoms with Gasteiger partial charge in [-0.05, 0) is 45.4 Å². The van der Waals surface area contributed by atoms with E-state index in [-0.39, 0.29) is 30.5 Å². The molecule has 0 radical (unpaired) electrons. The molecule has 0 atom stereocenters. The van der Waals surface area contributed by atoms with Crippen LogP contribution in [0.2, 0.25) is 0 Å². The number of aliphatic carboxylic acids is 1. The van der Waals surface area contributed by atoms with Gasteiger partial charge in [0.05, 0.1) is 7.11 Å². The number of carbonyl (C=O) groups is 2. The maximum Gasteiger partial charge on any atom is 0.409 e. The van der Waals surface area contributed by atoms with Crippen molar-refractivity contribution < 1.29 is 19.4 Å². The lowest BCUT2D eigenvalue weighted by atomic mass is 9.83. The standard InChI is InChI=1S/C13H23NO4/c1-9(2)14(13(17)18-3)11-6-4-10(5-7-11)8-12(15)16/h9-11H,4-8H2,1-3H3,(H,15,16)/t10-,11-. The SMILES string of the molecule is COC(=O)N(C(C)C)[C@H]1CC[C@H](CC(=O)O)CC1. The molecule has 0 aromatic carbocycles. The van der Waals surface area contributed by atoms with E-state index in [1.165, 1.54) is 7.11 Å². The number of carboxylic acids is 1. The Morgan fingerprint density at radius 2 is 1.83 bits per heavy atom. The average molecular weight is 257 g/mol. The van der Waals surface area contributed by atoms with Crippen molar-refractivity contribution in [3.63, 3.8) is 0 Å². The van der Waals surface area contributed by atoms with Gasteiger partial charge in [0, 0.05) is 18.5 Å². The number of hydrogen-bond donors (Lipinski definition) is 1. The molecule has 1 aliphatic rings. The number of methoxy groups -OCH3 is 1. The van der Waals surface area contributed by atoms with E-state index in [0.717, 1.165) is 25.7 Å². The van der Waals surface area contributed by atoms with Gasteiger partial charge >= 0.3 is 12.1 Å². The molecule has 5 nitrogen and oxygen atoms in total. The topological polar surface area (TPSA) is 66.8 Å². The number of nitrogens with zero attached hydrogens (tertiary/aromatic N) is 1. The van der Waals surface area contributed by atoms with Gasteiger partial charge in [-0.25, -0.2) is 4.79 Å². The first-order chi connectivity index (χ1) is 8.45. The number of rotatable bonds is 4. The molecule has 5 heteroatoms. The minimum Gasteiger partial charge on any atom is -0.481 e. The van der Waals surface area contributed by atoms with Gasteiger partial charge in [0.1, 0.15) is 0 Å². The van der Waals surface area contributed by atoms with Gasteiger partial charge in [-0.15, -0.1) is 0 Å². The first-order valence-corrected chi connectivity index (χ1v) is 6.53. The minimum atomic E-state index is -0.730. The summed E-state index contributed by atoms with van der Waals surface area (Å²) in [5.74, 6) is -0.474. The van der Waals surface area contributed by atoms with Crippen LogP contribution in [0.1, 0.15) is 46.0 Å². The summed E-state index contributed by atoms with van der Waals surface area (Å²) in [5.41, 5.74) is 0. The summed E-state index contributed by atoms with van der Waals surface area (Å²) in [7, 11) is 1.40. The van der Waals surface area contributed by atoms with Crippen molar-refractivity contribution >= 4 is 12.1 Å². The van der Waals surface area contributed by atoms with Crippen molar-refractivity contribution in [2.75, 3.05) is 7.11 Å². The molecule has 0 unspecified atom stereocenters. The monoisotopic (exact) mass is 257 g/mol. The second-order valence-corrected chi connectivity index (χ2v) is 5.24. The van der Waals surface area contributed by atoms with E-state index in [2.05, 4.69) is 0 Å². The van der Waals surface area contributed by atoms with Gasteiger partial charge in [0.15, 0.2) is 0 Å². The molecule has 0 spiro atoms. The number of carboxylic acid groups (broad SMARTS) is 1. The molecule has 1 amide bonds. The van der Waals surface area contributed by atoms with Crippen LogP contribution in [0.15, 0.2) is 0 Å². The van der Waals surface area contributed by atoms with E-state index in [4.69, 9.17) is 9.84 Å². The Morgan fingerprint density at radius 1 is 1.28 bits per heavy atom. The molecule has 1 rings (SSSR count). The zero-order chi connectivity index (χ0) is 13.7. The largest absolute Gasteiger partial charge is 0.481 e. The van der Waals surface area contributed by atoms with Crippen LogP contribution in [0.25, 0.3) is 0 Å². The summed E-state index contributed by atoms with van der Waals surface area (Å²) >= 11 is 0. The van der Waals surface area contributed by atoms with Gasteiger partial charge in [0.2, 0.25) is 0 Å². The van der Waals surface area contributed by atoms with E-state index < -0.39 is 5.97 Å². The highest BCUT2D eigenvalue weighted by atomic mass is 16.5. The first-order valence-electron chi connectivity index (χ1n) is 6.53. The predicted molar refractivity (Wildman–Crippen MR) is 67.4 cm³/mol. The van der Waals surface area contributed by atoms with Crippen LogP contribution < -0.4 is 0 Å². The summed E-state index contributed by atoms with van der Waals surface area (Å²) in [5, 5.41) is 8.77. The number of hydrogen-bond acceptors (Lipinski definition) is 3. The molecule has 0 bridgehead atoms. The normalized spacial score (nSPS) is 23.8. The third kappa shape index (κ3) is 3.89. The van der Waals surface area contributed by atoms with Crippen LogP contribution in [0.4, 0.5) is 4.79 Å². The minimum absolute atomic E-state index is 0.110. The van der Waals surface area contributed by atoms with E-state index in [9.17, 15) is 9.59 Å². The summed E-state index contributed by atoms with van der Waals surface area (Å²) < 4.78 is 4.81. The van der Waals surface area contributed by atoms with E-state index in [0.29, 0.717) is 0 Å². The second kappa shape index (κ2) is 6.61. The quantitative estimate of drug-likeness (QED) is 0.840. The molecule has 1 saturated carbocycles. The summed E-state index contributed by atoms with van der Waals surface area (Å²) in [4.78, 5) is 24.2. The lowest BCUT2D eigenvalue weighted by Crippen LogP contribution is -2.46. The lowest BCUT2D eigenvalue weighted by molar-refractivity contribution is -0.138. The number of ether oxygens (including phenoxy) is 1. The van der Waals surface area contributed by atoms with Crippen LogP contribution >= 0.6 is 0 Å². The molecule has 0 heterocycles. The Hall–Kier alpha value is -1.26. The highest BCUT2D eigenvalue weighted by molar-refractivity contribution is 5.68. The smallest absolute Gasteiger partial charge is 0.409 e. The molecule has 18 heavy (non-hydrogen) atoms.